The van der Waals surface area contributed by atoms with Gasteiger partial charge in [-0.2, -0.15) is 5.26 Å². The molecule has 0 radical (unpaired) electrons. The van der Waals surface area contributed by atoms with Gasteiger partial charge in [0.1, 0.15) is 5.75 Å². The van der Waals surface area contributed by atoms with Gasteiger partial charge in [-0.3, -0.25) is 0 Å². The number of methoxy groups -OCH3 is 1. The van der Waals surface area contributed by atoms with Crippen molar-refractivity contribution in [3.8, 4) is 11.8 Å². The van der Waals surface area contributed by atoms with Gasteiger partial charge in [-0.15, -0.1) is 0 Å². The standard InChI is InChI=1S/C24H20F2N4O/c1-24(25,26)20-6-4-3-5-17(20)15-30-22-12-7-16(14-27)13-21(22)29-23(30)28-18-8-10-19(31-2)11-9-18/h3-13H,15H2,1-2H3,(H,28,29). The van der Waals surface area contributed by atoms with Gasteiger partial charge in [-0.05, 0) is 48.0 Å². The van der Waals surface area contributed by atoms with E-state index in [4.69, 9.17) is 4.74 Å². The van der Waals surface area contributed by atoms with E-state index in [1.54, 1.807) is 43.5 Å². The number of rotatable bonds is 6. The maximum Gasteiger partial charge on any atom is 0.270 e. The molecule has 0 unspecified atom stereocenters. The quantitative estimate of drug-likeness (QED) is 0.429. The molecule has 7 heteroatoms. The zero-order valence-electron chi connectivity index (χ0n) is 17.1. The Morgan fingerprint density at radius 2 is 1.84 bits per heavy atom. The average molecular weight is 418 g/mol. The van der Waals surface area contributed by atoms with E-state index in [1.165, 1.54) is 6.07 Å². The zero-order chi connectivity index (χ0) is 22.0. The third-order valence-corrected chi connectivity index (χ3v) is 5.04. The summed E-state index contributed by atoms with van der Waals surface area (Å²) >= 11 is 0. The van der Waals surface area contributed by atoms with E-state index in [1.807, 2.05) is 28.8 Å². The van der Waals surface area contributed by atoms with Crippen molar-refractivity contribution in [3.05, 3.63) is 83.4 Å². The van der Waals surface area contributed by atoms with Crippen molar-refractivity contribution in [1.29, 1.82) is 5.26 Å². The van der Waals surface area contributed by atoms with Gasteiger partial charge in [0.05, 0.1) is 36.3 Å². The summed E-state index contributed by atoms with van der Waals surface area (Å²) in [6.45, 7) is 1.09. The van der Waals surface area contributed by atoms with E-state index in [0.29, 0.717) is 22.6 Å². The number of imidazole rings is 1. The van der Waals surface area contributed by atoms with Gasteiger partial charge in [-0.1, -0.05) is 24.3 Å². The van der Waals surface area contributed by atoms with Crippen molar-refractivity contribution in [1.82, 2.24) is 9.55 Å². The van der Waals surface area contributed by atoms with Crippen molar-refractivity contribution < 1.29 is 13.5 Å². The first kappa shape index (κ1) is 20.4. The van der Waals surface area contributed by atoms with Gasteiger partial charge in [0, 0.05) is 18.2 Å². The second kappa shape index (κ2) is 8.07. The van der Waals surface area contributed by atoms with Crippen molar-refractivity contribution in [2.24, 2.45) is 0 Å². The highest BCUT2D eigenvalue weighted by atomic mass is 19.3. The topological polar surface area (TPSA) is 62.9 Å². The molecule has 0 atom stereocenters. The molecular weight excluding hydrogens is 398 g/mol. The number of anilines is 2. The highest BCUT2D eigenvalue weighted by molar-refractivity contribution is 5.81. The van der Waals surface area contributed by atoms with Crippen LogP contribution in [0.3, 0.4) is 0 Å². The van der Waals surface area contributed by atoms with Crippen LogP contribution in [-0.2, 0) is 12.5 Å². The number of fused-ring (bicyclic) bond motifs is 1. The number of benzene rings is 3. The summed E-state index contributed by atoms with van der Waals surface area (Å²) < 4.78 is 35.4. The molecule has 4 aromatic rings. The molecule has 0 aliphatic heterocycles. The molecule has 3 aromatic carbocycles. The number of nitriles is 1. The van der Waals surface area contributed by atoms with Crippen LogP contribution in [0.4, 0.5) is 20.4 Å². The lowest BCUT2D eigenvalue weighted by Crippen LogP contribution is -2.13. The van der Waals surface area contributed by atoms with Crippen LogP contribution in [0.5, 0.6) is 5.75 Å². The van der Waals surface area contributed by atoms with Crippen LogP contribution in [0.15, 0.2) is 66.7 Å². The average Bonchev–Trinajstić information content (AvgIpc) is 3.10. The van der Waals surface area contributed by atoms with E-state index in [2.05, 4.69) is 16.4 Å². The van der Waals surface area contributed by atoms with Gasteiger partial charge in [0.15, 0.2) is 0 Å². The third-order valence-electron chi connectivity index (χ3n) is 5.04. The number of ether oxygens (including phenoxy) is 1. The minimum absolute atomic E-state index is 0.0270. The molecule has 31 heavy (non-hydrogen) atoms. The van der Waals surface area contributed by atoms with E-state index < -0.39 is 5.92 Å². The maximum atomic E-state index is 14.2. The van der Waals surface area contributed by atoms with E-state index in [-0.39, 0.29) is 12.1 Å². The van der Waals surface area contributed by atoms with Gasteiger partial charge in [-0.25, -0.2) is 13.8 Å². The highest BCUT2D eigenvalue weighted by Gasteiger charge is 2.27. The fourth-order valence-corrected chi connectivity index (χ4v) is 3.52. The monoisotopic (exact) mass is 418 g/mol. The number of alkyl halides is 2. The lowest BCUT2D eigenvalue weighted by atomic mass is 10.0. The smallest absolute Gasteiger partial charge is 0.270 e. The van der Waals surface area contributed by atoms with Crippen LogP contribution in [0.1, 0.15) is 23.6 Å². The lowest BCUT2D eigenvalue weighted by molar-refractivity contribution is 0.0165. The van der Waals surface area contributed by atoms with Crippen molar-refractivity contribution >= 4 is 22.7 Å². The van der Waals surface area contributed by atoms with Crippen LogP contribution in [0.25, 0.3) is 11.0 Å². The molecule has 0 aliphatic carbocycles. The molecule has 0 amide bonds. The molecule has 5 nitrogen and oxygen atoms in total. The number of aromatic nitrogens is 2. The number of halogens is 2. The fraction of sp³-hybridized carbons (Fsp3) is 0.167. The summed E-state index contributed by atoms with van der Waals surface area (Å²) in [7, 11) is 1.59. The van der Waals surface area contributed by atoms with E-state index in [0.717, 1.165) is 23.9 Å². The predicted molar refractivity (Wildman–Crippen MR) is 116 cm³/mol. The molecule has 0 saturated carbocycles. The maximum absolute atomic E-state index is 14.2. The Labute approximate surface area is 178 Å². The van der Waals surface area contributed by atoms with E-state index >= 15 is 0 Å². The summed E-state index contributed by atoms with van der Waals surface area (Å²) in [5.41, 5.74) is 3.07. The van der Waals surface area contributed by atoms with Gasteiger partial charge in [0.25, 0.3) is 5.92 Å². The SMILES string of the molecule is COc1ccc(Nc2nc3cc(C#N)ccc3n2Cc2ccccc2C(C)(F)F)cc1. The van der Waals surface area contributed by atoms with Gasteiger partial charge in [0.2, 0.25) is 5.95 Å². The molecular formula is C24H20F2N4O. The van der Waals surface area contributed by atoms with Gasteiger partial charge >= 0.3 is 0 Å². The van der Waals surface area contributed by atoms with Crippen LogP contribution in [-0.4, -0.2) is 16.7 Å². The number of nitrogens with one attached hydrogen (secondary N) is 1. The number of nitrogens with zero attached hydrogens (tertiary/aromatic N) is 3. The molecule has 156 valence electrons. The van der Waals surface area contributed by atoms with Crippen LogP contribution in [0.2, 0.25) is 0 Å². The Balaban J connectivity index is 1.81. The van der Waals surface area contributed by atoms with E-state index in [9.17, 15) is 14.0 Å². The summed E-state index contributed by atoms with van der Waals surface area (Å²) in [6.07, 6.45) is 0. The third kappa shape index (κ3) is 4.19. The molecule has 4 rings (SSSR count). The Hall–Kier alpha value is -3.92. The number of hydrogen-bond acceptors (Lipinski definition) is 4. The summed E-state index contributed by atoms with van der Waals surface area (Å²) in [5.74, 6) is -1.76. The Kier molecular flexibility index (Phi) is 5.30. The molecule has 0 spiro atoms. The molecule has 1 aromatic heterocycles. The van der Waals surface area contributed by atoms with Gasteiger partial charge < -0.3 is 14.6 Å². The fourth-order valence-electron chi connectivity index (χ4n) is 3.52. The minimum atomic E-state index is -2.97. The van der Waals surface area contributed by atoms with Crippen molar-refractivity contribution in [2.45, 2.75) is 19.4 Å². The lowest BCUT2D eigenvalue weighted by Gasteiger charge is -2.18. The molecule has 0 saturated heterocycles. The van der Waals surface area contributed by atoms with Crippen LogP contribution in [0, 0.1) is 11.3 Å². The molecule has 1 heterocycles. The number of hydrogen-bond donors (Lipinski definition) is 1. The van der Waals surface area contributed by atoms with Crippen LogP contribution >= 0.6 is 0 Å². The highest BCUT2D eigenvalue weighted by Crippen LogP contribution is 2.32. The Morgan fingerprint density at radius 3 is 2.52 bits per heavy atom. The molecule has 1 N–H and O–H groups in total. The first-order valence-electron chi connectivity index (χ1n) is 9.66. The van der Waals surface area contributed by atoms with Crippen molar-refractivity contribution in [2.75, 3.05) is 12.4 Å². The minimum Gasteiger partial charge on any atom is -0.497 e. The first-order valence-corrected chi connectivity index (χ1v) is 9.66. The Morgan fingerprint density at radius 1 is 1.10 bits per heavy atom. The summed E-state index contributed by atoms with van der Waals surface area (Å²) in [5, 5.41) is 12.5. The molecule has 0 bridgehead atoms. The normalized spacial score (nSPS) is 11.3. The molecule has 0 fully saturated rings. The first-order chi connectivity index (χ1) is 14.9. The zero-order valence-corrected chi connectivity index (χ0v) is 17.1. The largest absolute Gasteiger partial charge is 0.497 e. The summed E-state index contributed by atoms with van der Waals surface area (Å²) in [6, 6.07) is 21.1. The molecule has 0 aliphatic rings. The second-order valence-electron chi connectivity index (χ2n) is 7.24. The predicted octanol–water partition coefficient (Wildman–Crippen LogP) is 5.82. The van der Waals surface area contributed by atoms with Crippen molar-refractivity contribution in [3.63, 3.8) is 0 Å². The van der Waals surface area contributed by atoms with Crippen LogP contribution < -0.4 is 10.1 Å². The second-order valence-corrected chi connectivity index (χ2v) is 7.24. The summed E-state index contributed by atoms with van der Waals surface area (Å²) in [4.78, 5) is 4.63. The Bertz CT molecular complexity index is 1270.